The first-order valence-corrected chi connectivity index (χ1v) is 8.42. The quantitative estimate of drug-likeness (QED) is 0.728. The zero-order valence-corrected chi connectivity index (χ0v) is 13.5. The topological polar surface area (TPSA) is 61.2 Å². The van der Waals surface area contributed by atoms with Gasteiger partial charge in [0.15, 0.2) is 4.91 Å². The minimum atomic E-state index is -3.95. The first kappa shape index (κ1) is 15.5. The average Bonchev–Trinajstić information content (AvgIpc) is 2.50. The summed E-state index contributed by atoms with van der Waals surface area (Å²) in [5.41, 5.74) is 1.53. The van der Waals surface area contributed by atoms with Crippen LogP contribution in [0.5, 0.6) is 0 Å². The van der Waals surface area contributed by atoms with E-state index in [1.165, 1.54) is 11.1 Å². The number of anilines is 2. The number of hydrogen-bond acceptors (Lipinski definition) is 4. The van der Waals surface area contributed by atoms with Gasteiger partial charge in [0.1, 0.15) is 11.9 Å². The van der Waals surface area contributed by atoms with Gasteiger partial charge in [-0.2, -0.15) is 5.26 Å². The SMILES string of the molecule is Cc1ccc(Cl)cc1N1C=C(C#N)S(=O)(=O)c2ccc(F)cc21. The Morgan fingerprint density at radius 1 is 1.17 bits per heavy atom. The third kappa shape index (κ3) is 2.48. The zero-order chi connectivity index (χ0) is 16.8. The first-order chi connectivity index (χ1) is 10.8. The molecule has 23 heavy (non-hydrogen) atoms. The van der Waals surface area contributed by atoms with Crippen LogP contribution >= 0.6 is 11.6 Å². The summed E-state index contributed by atoms with van der Waals surface area (Å²) < 4.78 is 38.5. The molecule has 1 aliphatic heterocycles. The fraction of sp³-hybridized carbons (Fsp3) is 0.0625. The van der Waals surface area contributed by atoms with Crippen LogP contribution in [0.15, 0.2) is 52.4 Å². The molecule has 0 saturated heterocycles. The summed E-state index contributed by atoms with van der Waals surface area (Å²) >= 11 is 6.02. The van der Waals surface area contributed by atoms with Crippen molar-refractivity contribution in [3.05, 3.63) is 63.9 Å². The van der Waals surface area contributed by atoms with Crippen molar-refractivity contribution in [2.75, 3.05) is 4.90 Å². The lowest BCUT2D eigenvalue weighted by molar-refractivity contribution is 0.600. The molecule has 4 nitrogen and oxygen atoms in total. The fourth-order valence-corrected chi connectivity index (χ4v) is 3.86. The first-order valence-electron chi connectivity index (χ1n) is 6.56. The molecule has 0 radical (unpaired) electrons. The Bertz CT molecular complexity index is 994. The molecule has 1 aliphatic rings. The normalized spacial score (nSPS) is 15.6. The number of nitriles is 1. The van der Waals surface area contributed by atoms with Gasteiger partial charge in [0.2, 0.25) is 9.84 Å². The Labute approximate surface area is 137 Å². The van der Waals surface area contributed by atoms with E-state index in [1.807, 2.05) is 6.92 Å². The van der Waals surface area contributed by atoms with Crippen molar-refractivity contribution in [3.8, 4) is 6.07 Å². The molecule has 2 aromatic rings. The van der Waals surface area contributed by atoms with E-state index in [0.29, 0.717) is 10.7 Å². The van der Waals surface area contributed by atoms with Crippen molar-refractivity contribution in [2.24, 2.45) is 0 Å². The molecule has 3 rings (SSSR count). The third-order valence-electron chi connectivity index (χ3n) is 3.55. The molecule has 1 heterocycles. The van der Waals surface area contributed by atoms with Gasteiger partial charge in [0, 0.05) is 11.2 Å². The Balaban J connectivity index is 2.36. The molecule has 0 aliphatic carbocycles. The molecule has 7 heteroatoms. The maximum Gasteiger partial charge on any atom is 0.220 e. The van der Waals surface area contributed by atoms with Crippen LogP contribution in [0.3, 0.4) is 0 Å². The van der Waals surface area contributed by atoms with Crippen molar-refractivity contribution in [3.63, 3.8) is 0 Å². The predicted octanol–water partition coefficient (Wildman–Crippen LogP) is 4.08. The van der Waals surface area contributed by atoms with E-state index in [4.69, 9.17) is 11.6 Å². The lowest BCUT2D eigenvalue weighted by atomic mass is 10.1. The molecular weight excluding hydrogens is 339 g/mol. The maximum absolute atomic E-state index is 13.7. The van der Waals surface area contributed by atoms with Crippen molar-refractivity contribution >= 4 is 32.8 Å². The third-order valence-corrected chi connectivity index (χ3v) is 5.48. The number of hydrogen-bond donors (Lipinski definition) is 0. The molecule has 0 bridgehead atoms. The van der Waals surface area contributed by atoms with Crippen LogP contribution in [0.1, 0.15) is 5.56 Å². The molecular formula is C16H10ClFN2O2S. The number of nitrogens with zero attached hydrogens (tertiary/aromatic N) is 2. The predicted molar refractivity (Wildman–Crippen MR) is 85.6 cm³/mol. The number of fused-ring (bicyclic) bond motifs is 1. The summed E-state index contributed by atoms with van der Waals surface area (Å²) in [5, 5.41) is 9.62. The molecule has 0 saturated carbocycles. The van der Waals surface area contributed by atoms with Gasteiger partial charge in [-0.1, -0.05) is 17.7 Å². The second kappa shape index (κ2) is 5.37. The molecule has 2 aromatic carbocycles. The van der Waals surface area contributed by atoms with E-state index in [9.17, 15) is 18.1 Å². The van der Waals surface area contributed by atoms with Crippen LogP contribution in [-0.2, 0) is 9.84 Å². The number of aryl methyl sites for hydroxylation is 1. The lowest BCUT2D eigenvalue weighted by Crippen LogP contribution is -2.22. The molecule has 0 aromatic heterocycles. The van der Waals surface area contributed by atoms with Gasteiger partial charge in [0.25, 0.3) is 0 Å². The van der Waals surface area contributed by atoms with Gasteiger partial charge in [-0.15, -0.1) is 0 Å². The highest BCUT2D eigenvalue weighted by Gasteiger charge is 2.32. The summed E-state index contributed by atoms with van der Waals surface area (Å²) in [6.45, 7) is 1.81. The smallest absolute Gasteiger partial charge is 0.220 e. The molecule has 0 N–H and O–H groups in total. The van der Waals surface area contributed by atoms with Gasteiger partial charge in [0.05, 0.1) is 16.3 Å². The van der Waals surface area contributed by atoms with E-state index in [0.717, 1.165) is 23.8 Å². The standard InChI is InChI=1S/C16H10ClFN2O2S/c1-10-2-3-11(17)6-14(10)20-9-13(8-19)23(21,22)16-5-4-12(18)7-15(16)20/h2-7,9H,1H3. The molecule has 0 fully saturated rings. The second-order valence-corrected chi connectivity index (χ2v) is 7.34. The van der Waals surface area contributed by atoms with Gasteiger partial charge in [-0.05, 0) is 42.8 Å². The number of allylic oxidation sites excluding steroid dienone is 1. The Hall–Kier alpha value is -2.36. The summed E-state index contributed by atoms with van der Waals surface area (Å²) in [4.78, 5) is 0.951. The van der Waals surface area contributed by atoms with E-state index >= 15 is 0 Å². The number of benzene rings is 2. The number of halogens is 2. The lowest BCUT2D eigenvalue weighted by Gasteiger charge is -2.28. The van der Waals surface area contributed by atoms with Crippen LogP contribution in [0.2, 0.25) is 5.02 Å². The van der Waals surface area contributed by atoms with E-state index in [2.05, 4.69) is 0 Å². The highest BCUT2D eigenvalue weighted by molar-refractivity contribution is 7.95. The van der Waals surface area contributed by atoms with Crippen molar-refractivity contribution in [1.29, 1.82) is 5.26 Å². The van der Waals surface area contributed by atoms with Crippen molar-refractivity contribution in [2.45, 2.75) is 11.8 Å². The van der Waals surface area contributed by atoms with Crippen LogP contribution in [0.25, 0.3) is 0 Å². The number of rotatable bonds is 1. The molecule has 0 atom stereocenters. The highest BCUT2D eigenvalue weighted by Crippen LogP contribution is 2.41. The summed E-state index contributed by atoms with van der Waals surface area (Å²) in [6, 6.07) is 10.1. The maximum atomic E-state index is 13.7. The Kier molecular flexibility index (Phi) is 3.63. The average molecular weight is 349 g/mol. The van der Waals surface area contributed by atoms with Gasteiger partial charge >= 0.3 is 0 Å². The molecule has 0 unspecified atom stereocenters. The van der Waals surface area contributed by atoms with Crippen LogP contribution < -0.4 is 4.90 Å². The minimum absolute atomic E-state index is 0.114. The minimum Gasteiger partial charge on any atom is -0.313 e. The van der Waals surface area contributed by atoms with E-state index in [-0.39, 0.29) is 10.6 Å². The Morgan fingerprint density at radius 2 is 1.91 bits per heavy atom. The van der Waals surface area contributed by atoms with Crippen molar-refractivity contribution in [1.82, 2.24) is 0 Å². The Morgan fingerprint density at radius 3 is 2.61 bits per heavy atom. The van der Waals surface area contributed by atoms with E-state index in [1.54, 1.807) is 24.3 Å². The fourth-order valence-electron chi connectivity index (χ4n) is 2.41. The number of sulfone groups is 1. The van der Waals surface area contributed by atoms with Gasteiger partial charge < -0.3 is 4.90 Å². The molecule has 0 spiro atoms. The monoisotopic (exact) mass is 348 g/mol. The largest absolute Gasteiger partial charge is 0.313 e. The van der Waals surface area contributed by atoms with Crippen molar-refractivity contribution < 1.29 is 12.8 Å². The van der Waals surface area contributed by atoms with Crippen LogP contribution in [0, 0.1) is 24.1 Å². The van der Waals surface area contributed by atoms with Crippen LogP contribution in [-0.4, -0.2) is 8.42 Å². The molecule has 116 valence electrons. The molecule has 0 amide bonds. The summed E-state index contributed by atoms with van der Waals surface area (Å²) in [6.07, 6.45) is 1.19. The van der Waals surface area contributed by atoms with Crippen LogP contribution in [0.4, 0.5) is 15.8 Å². The van der Waals surface area contributed by atoms with Gasteiger partial charge in [-0.25, -0.2) is 12.8 Å². The summed E-state index contributed by atoms with van der Waals surface area (Å²) in [5.74, 6) is -0.572. The zero-order valence-electron chi connectivity index (χ0n) is 11.9. The highest BCUT2D eigenvalue weighted by atomic mass is 35.5. The second-order valence-electron chi connectivity index (χ2n) is 5.02. The van der Waals surface area contributed by atoms with Gasteiger partial charge in [-0.3, -0.25) is 0 Å². The summed E-state index contributed by atoms with van der Waals surface area (Å²) in [7, 11) is -3.95. The van der Waals surface area contributed by atoms with E-state index < -0.39 is 20.6 Å².